The maximum atomic E-state index is 6.11. The van der Waals surface area contributed by atoms with Crippen LogP contribution in [0.2, 0.25) is 5.02 Å². The van der Waals surface area contributed by atoms with Crippen LogP contribution in [0.1, 0.15) is 18.9 Å². The van der Waals surface area contributed by atoms with Crippen LogP contribution < -0.4 is 15.2 Å². The highest BCUT2D eigenvalue weighted by Crippen LogP contribution is 2.34. The minimum absolute atomic E-state index is 0.233. The van der Waals surface area contributed by atoms with Gasteiger partial charge in [-0.3, -0.25) is 0 Å². The highest BCUT2D eigenvalue weighted by atomic mass is 35.5. The van der Waals surface area contributed by atoms with Gasteiger partial charge in [0.25, 0.3) is 0 Å². The van der Waals surface area contributed by atoms with E-state index in [2.05, 4.69) is 9.97 Å². The molecule has 0 aliphatic heterocycles. The number of hydrogen-bond acceptors (Lipinski definition) is 5. The van der Waals surface area contributed by atoms with E-state index < -0.39 is 0 Å². The first kappa shape index (κ1) is 14.4. The third-order valence-corrected chi connectivity index (χ3v) is 2.84. The minimum atomic E-state index is 0.233. The zero-order valence-corrected chi connectivity index (χ0v) is 12.1. The summed E-state index contributed by atoms with van der Waals surface area (Å²) in [5, 5.41) is 0.499. The van der Waals surface area contributed by atoms with Crippen LogP contribution >= 0.6 is 11.6 Å². The Morgan fingerprint density at radius 3 is 2.70 bits per heavy atom. The Hall–Kier alpha value is -2.01. The van der Waals surface area contributed by atoms with Crippen molar-refractivity contribution in [1.29, 1.82) is 0 Å². The topological polar surface area (TPSA) is 70.3 Å². The van der Waals surface area contributed by atoms with Gasteiger partial charge < -0.3 is 15.2 Å². The van der Waals surface area contributed by atoms with Gasteiger partial charge in [-0.05, 0) is 31.0 Å². The molecule has 2 rings (SSSR count). The summed E-state index contributed by atoms with van der Waals surface area (Å²) in [5.41, 5.74) is 7.24. The minimum Gasteiger partial charge on any atom is -0.476 e. The molecule has 0 spiro atoms. The van der Waals surface area contributed by atoms with Crippen LogP contribution in [0.15, 0.2) is 24.5 Å². The summed E-state index contributed by atoms with van der Waals surface area (Å²) in [4.78, 5) is 7.99. The number of aryl methyl sites for hydroxylation is 1. The smallest absolute Gasteiger partial charge is 0.249 e. The standard InChI is InChI=1S/C14H16ClN3O2/c1-3-6-19-13-12(16)14(18-8-17-13)20-11-5-4-9(2)7-10(11)15/h4-5,7-8H,3,6,16H2,1-2H3. The summed E-state index contributed by atoms with van der Waals surface area (Å²) in [5.74, 6) is 1.04. The van der Waals surface area contributed by atoms with Gasteiger partial charge in [0.2, 0.25) is 11.8 Å². The third-order valence-electron chi connectivity index (χ3n) is 2.55. The van der Waals surface area contributed by atoms with Crippen molar-refractivity contribution in [2.24, 2.45) is 0 Å². The van der Waals surface area contributed by atoms with Gasteiger partial charge in [-0.15, -0.1) is 0 Å². The molecule has 2 aromatic rings. The number of nitrogen functional groups attached to an aromatic ring is 1. The van der Waals surface area contributed by atoms with Crippen LogP contribution in [0.5, 0.6) is 17.5 Å². The molecule has 0 fully saturated rings. The molecule has 1 aromatic heterocycles. The van der Waals surface area contributed by atoms with Gasteiger partial charge in [0.1, 0.15) is 12.1 Å². The Morgan fingerprint density at radius 2 is 2.00 bits per heavy atom. The number of aromatic nitrogens is 2. The predicted molar refractivity (Wildman–Crippen MR) is 78.5 cm³/mol. The summed E-state index contributed by atoms with van der Waals surface area (Å²) in [6, 6.07) is 5.47. The molecular weight excluding hydrogens is 278 g/mol. The lowest BCUT2D eigenvalue weighted by molar-refractivity contribution is 0.304. The van der Waals surface area contributed by atoms with Gasteiger partial charge in [0, 0.05) is 0 Å². The lowest BCUT2D eigenvalue weighted by Crippen LogP contribution is -2.04. The van der Waals surface area contributed by atoms with Gasteiger partial charge in [-0.25, -0.2) is 0 Å². The summed E-state index contributed by atoms with van der Waals surface area (Å²) in [6.07, 6.45) is 2.21. The Kier molecular flexibility index (Phi) is 4.63. The van der Waals surface area contributed by atoms with Crippen LogP contribution in [0, 0.1) is 6.92 Å². The van der Waals surface area contributed by atoms with Crippen molar-refractivity contribution >= 4 is 17.3 Å². The molecule has 2 N–H and O–H groups in total. The molecule has 6 heteroatoms. The predicted octanol–water partition coefficient (Wildman–Crippen LogP) is 3.60. The number of rotatable bonds is 5. The number of hydrogen-bond donors (Lipinski definition) is 1. The van der Waals surface area contributed by atoms with E-state index in [0.717, 1.165) is 12.0 Å². The molecule has 0 radical (unpaired) electrons. The maximum absolute atomic E-state index is 6.11. The van der Waals surface area contributed by atoms with Crippen molar-refractivity contribution in [2.75, 3.05) is 12.3 Å². The molecule has 5 nitrogen and oxygen atoms in total. The van der Waals surface area contributed by atoms with E-state index in [1.54, 1.807) is 6.07 Å². The van der Waals surface area contributed by atoms with Crippen molar-refractivity contribution in [2.45, 2.75) is 20.3 Å². The van der Waals surface area contributed by atoms with E-state index in [1.165, 1.54) is 6.33 Å². The summed E-state index contributed by atoms with van der Waals surface area (Å²) < 4.78 is 11.1. The Bertz CT molecular complexity index is 605. The number of benzene rings is 1. The highest BCUT2D eigenvalue weighted by Gasteiger charge is 2.12. The van der Waals surface area contributed by atoms with Gasteiger partial charge in [-0.1, -0.05) is 24.6 Å². The number of halogens is 1. The first-order chi connectivity index (χ1) is 9.61. The Morgan fingerprint density at radius 1 is 1.25 bits per heavy atom. The van der Waals surface area contributed by atoms with E-state index in [-0.39, 0.29) is 11.6 Å². The Labute approximate surface area is 122 Å². The van der Waals surface area contributed by atoms with E-state index >= 15 is 0 Å². The number of ether oxygens (including phenoxy) is 2. The van der Waals surface area contributed by atoms with E-state index in [0.29, 0.717) is 23.3 Å². The molecule has 1 heterocycles. The molecule has 1 aromatic carbocycles. The van der Waals surface area contributed by atoms with Crippen molar-refractivity contribution in [3.8, 4) is 17.5 Å². The zero-order valence-electron chi connectivity index (χ0n) is 11.4. The first-order valence-electron chi connectivity index (χ1n) is 6.29. The second kappa shape index (κ2) is 6.43. The van der Waals surface area contributed by atoms with Crippen molar-refractivity contribution in [3.63, 3.8) is 0 Å². The van der Waals surface area contributed by atoms with Gasteiger partial charge >= 0.3 is 0 Å². The summed E-state index contributed by atoms with van der Waals surface area (Å²) >= 11 is 6.11. The van der Waals surface area contributed by atoms with Gasteiger partial charge in [0.05, 0.1) is 11.6 Å². The van der Waals surface area contributed by atoms with Crippen LogP contribution in [0.3, 0.4) is 0 Å². The van der Waals surface area contributed by atoms with Crippen LogP contribution in [-0.4, -0.2) is 16.6 Å². The van der Waals surface area contributed by atoms with E-state index in [4.69, 9.17) is 26.8 Å². The van der Waals surface area contributed by atoms with Crippen molar-refractivity contribution < 1.29 is 9.47 Å². The normalized spacial score (nSPS) is 10.3. The highest BCUT2D eigenvalue weighted by molar-refractivity contribution is 6.32. The third kappa shape index (κ3) is 3.30. The molecule has 0 saturated carbocycles. The number of nitrogens with zero attached hydrogens (tertiary/aromatic N) is 2. The summed E-state index contributed by atoms with van der Waals surface area (Å²) in [6.45, 7) is 4.48. The molecule has 0 atom stereocenters. The van der Waals surface area contributed by atoms with Crippen molar-refractivity contribution in [3.05, 3.63) is 35.1 Å². The number of nitrogens with two attached hydrogens (primary N) is 1. The molecule has 0 saturated heterocycles. The van der Waals surface area contributed by atoms with Crippen LogP contribution in [0.4, 0.5) is 5.69 Å². The van der Waals surface area contributed by atoms with E-state index in [1.807, 2.05) is 26.0 Å². The molecule has 20 heavy (non-hydrogen) atoms. The second-order valence-corrected chi connectivity index (χ2v) is 4.69. The monoisotopic (exact) mass is 293 g/mol. The van der Waals surface area contributed by atoms with E-state index in [9.17, 15) is 0 Å². The molecule has 0 aliphatic carbocycles. The number of anilines is 1. The lowest BCUT2D eigenvalue weighted by atomic mass is 10.2. The lowest BCUT2D eigenvalue weighted by Gasteiger charge is -2.11. The average molecular weight is 294 g/mol. The van der Waals surface area contributed by atoms with Crippen LogP contribution in [-0.2, 0) is 0 Å². The van der Waals surface area contributed by atoms with Gasteiger partial charge in [0.15, 0.2) is 5.69 Å². The molecule has 0 amide bonds. The molecular formula is C14H16ClN3O2. The Balaban J connectivity index is 2.24. The summed E-state index contributed by atoms with van der Waals surface area (Å²) in [7, 11) is 0. The van der Waals surface area contributed by atoms with Crippen LogP contribution in [0.25, 0.3) is 0 Å². The quantitative estimate of drug-likeness (QED) is 0.912. The fourth-order valence-electron chi connectivity index (χ4n) is 1.55. The molecule has 106 valence electrons. The zero-order chi connectivity index (χ0) is 14.5. The maximum Gasteiger partial charge on any atom is 0.249 e. The molecule has 0 aliphatic rings. The average Bonchev–Trinajstić information content (AvgIpc) is 2.42. The second-order valence-electron chi connectivity index (χ2n) is 4.28. The fraction of sp³-hybridized carbons (Fsp3) is 0.286. The van der Waals surface area contributed by atoms with Gasteiger partial charge in [-0.2, -0.15) is 9.97 Å². The van der Waals surface area contributed by atoms with Crippen molar-refractivity contribution in [1.82, 2.24) is 9.97 Å². The SMILES string of the molecule is CCCOc1ncnc(Oc2ccc(C)cc2Cl)c1N. The molecule has 0 bridgehead atoms. The largest absolute Gasteiger partial charge is 0.476 e. The fourth-order valence-corrected chi connectivity index (χ4v) is 1.83. The first-order valence-corrected chi connectivity index (χ1v) is 6.67. The molecule has 0 unspecified atom stereocenters.